The minimum Gasteiger partial charge on any atom is -0.497 e. The lowest BCUT2D eigenvalue weighted by atomic mass is 9.97. The van der Waals surface area contributed by atoms with E-state index >= 15 is 0 Å². The van der Waals surface area contributed by atoms with Gasteiger partial charge in [-0.2, -0.15) is 0 Å². The first-order valence-electron chi connectivity index (χ1n) is 8.92. The molecule has 1 aromatic rings. The Labute approximate surface area is 173 Å². The van der Waals surface area contributed by atoms with Gasteiger partial charge in [0.15, 0.2) is 5.96 Å². The Hall–Kier alpha value is -1.51. The monoisotopic (exact) mass is 475 g/mol. The van der Waals surface area contributed by atoms with E-state index in [9.17, 15) is 4.79 Å². The summed E-state index contributed by atoms with van der Waals surface area (Å²) in [6.45, 7) is 5.26. The molecule has 2 rings (SSSR count). The fourth-order valence-corrected chi connectivity index (χ4v) is 3.04. The van der Waals surface area contributed by atoms with Crippen molar-refractivity contribution in [3.8, 4) is 5.75 Å². The summed E-state index contributed by atoms with van der Waals surface area (Å²) < 4.78 is 10.1. The molecular weight excluding hydrogens is 445 g/mol. The molecule has 1 N–H and O–H groups in total. The third kappa shape index (κ3) is 6.66. The van der Waals surface area contributed by atoms with Crippen LogP contribution in [0.15, 0.2) is 29.3 Å². The van der Waals surface area contributed by atoms with E-state index in [1.165, 1.54) is 12.7 Å². The van der Waals surface area contributed by atoms with E-state index in [1.54, 1.807) is 7.11 Å². The lowest BCUT2D eigenvalue weighted by Crippen LogP contribution is -2.46. The van der Waals surface area contributed by atoms with Crippen LogP contribution in [0.4, 0.5) is 0 Å². The highest BCUT2D eigenvalue weighted by Crippen LogP contribution is 2.18. The molecule has 0 saturated carbocycles. The van der Waals surface area contributed by atoms with Gasteiger partial charge in [0.2, 0.25) is 0 Å². The van der Waals surface area contributed by atoms with Crippen molar-refractivity contribution in [1.29, 1.82) is 0 Å². The van der Waals surface area contributed by atoms with Crippen molar-refractivity contribution in [2.45, 2.75) is 26.2 Å². The van der Waals surface area contributed by atoms with Gasteiger partial charge in [-0.15, -0.1) is 24.0 Å². The van der Waals surface area contributed by atoms with E-state index in [2.05, 4.69) is 23.2 Å². The summed E-state index contributed by atoms with van der Waals surface area (Å²) in [6, 6.07) is 8.08. The molecule has 0 aliphatic carbocycles. The molecule has 0 radical (unpaired) electrons. The van der Waals surface area contributed by atoms with Crippen LogP contribution in [0.25, 0.3) is 0 Å². The van der Waals surface area contributed by atoms with Gasteiger partial charge in [-0.05, 0) is 43.9 Å². The molecule has 0 amide bonds. The maximum Gasteiger partial charge on any atom is 0.308 e. The standard InChI is InChI=1S/C19H29N3O3.HI/c1-4-20-19(22-12-9-16(10-13-22)18(23)25-3)21-11-8-15-6-5-7-17(14-15)24-2;/h5-7,14,16H,4,8-13H2,1-3H3,(H,20,21);1H. The number of carbonyl (C=O) groups is 1. The molecule has 1 heterocycles. The number of nitrogens with zero attached hydrogens (tertiary/aromatic N) is 2. The van der Waals surface area contributed by atoms with Crippen molar-refractivity contribution in [3.05, 3.63) is 29.8 Å². The molecule has 0 unspecified atom stereocenters. The second kappa shape index (κ2) is 12.0. The molecule has 0 atom stereocenters. The molecule has 1 aliphatic heterocycles. The lowest BCUT2D eigenvalue weighted by Gasteiger charge is -2.33. The highest BCUT2D eigenvalue weighted by molar-refractivity contribution is 14.0. The lowest BCUT2D eigenvalue weighted by molar-refractivity contribution is -0.146. The SMILES string of the molecule is CCNC(=NCCc1cccc(OC)c1)N1CCC(C(=O)OC)CC1.I. The number of guanidine groups is 1. The number of benzene rings is 1. The Morgan fingerprint density at radius 1 is 1.31 bits per heavy atom. The van der Waals surface area contributed by atoms with E-state index in [1.807, 2.05) is 18.2 Å². The topological polar surface area (TPSA) is 63.2 Å². The summed E-state index contributed by atoms with van der Waals surface area (Å²) in [6.07, 6.45) is 2.49. The number of likely N-dealkylation sites (tertiary alicyclic amines) is 1. The number of esters is 1. The smallest absolute Gasteiger partial charge is 0.308 e. The summed E-state index contributed by atoms with van der Waals surface area (Å²) >= 11 is 0. The molecule has 146 valence electrons. The molecule has 1 aliphatic rings. The zero-order chi connectivity index (χ0) is 18.1. The molecule has 1 saturated heterocycles. The summed E-state index contributed by atoms with van der Waals surface area (Å²) in [4.78, 5) is 18.6. The minimum absolute atomic E-state index is 0. The van der Waals surface area contributed by atoms with Gasteiger partial charge >= 0.3 is 5.97 Å². The number of carbonyl (C=O) groups excluding carboxylic acids is 1. The third-order valence-electron chi connectivity index (χ3n) is 4.46. The number of rotatable bonds is 6. The number of nitrogens with one attached hydrogen (secondary N) is 1. The van der Waals surface area contributed by atoms with Crippen LogP contribution in [-0.4, -0.2) is 57.2 Å². The van der Waals surface area contributed by atoms with Crippen LogP contribution in [-0.2, 0) is 16.0 Å². The van der Waals surface area contributed by atoms with E-state index in [4.69, 9.17) is 14.5 Å². The first-order chi connectivity index (χ1) is 12.2. The Kier molecular flexibility index (Phi) is 10.4. The van der Waals surface area contributed by atoms with Gasteiger partial charge in [0.1, 0.15) is 5.75 Å². The van der Waals surface area contributed by atoms with Crippen molar-refractivity contribution in [3.63, 3.8) is 0 Å². The fourth-order valence-electron chi connectivity index (χ4n) is 3.04. The van der Waals surface area contributed by atoms with Crippen molar-refractivity contribution in [1.82, 2.24) is 10.2 Å². The fraction of sp³-hybridized carbons (Fsp3) is 0.579. The second-order valence-electron chi connectivity index (χ2n) is 6.12. The number of hydrogen-bond acceptors (Lipinski definition) is 4. The number of halogens is 1. The third-order valence-corrected chi connectivity index (χ3v) is 4.46. The first kappa shape index (κ1) is 22.5. The average molecular weight is 475 g/mol. The summed E-state index contributed by atoms with van der Waals surface area (Å²) in [5.41, 5.74) is 1.21. The predicted octanol–water partition coefficient (Wildman–Crippen LogP) is 2.71. The first-order valence-corrected chi connectivity index (χ1v) is 8.92. The van der Waals surface area contributed by atoms with Crippen LogP contribution < -0.4 is 10.1 Å². The van der Waals surface area contributed by atoms with E-state index in [0.717, 1.165) is 50.6 Å². The molecule has 26 heavy (non-hydrogen) atoms. The van der Waals surface area contributed by atoms with Gasteiger partial charge in [0.05, 0.1) is 20.1 Å². The van der Waals surface area contributed by atoms with Gasteiger partial charge in [0.25, 0.3) is 0 Å². The molecule has 0 spiro atoms. The van der Waals surface area contributed by atoms with Gasteiger partial charge in [0, 0.05) is 26.2 Å². The van der Waals surface area contributed by atoms with E-state index in [-0.39, 0.29) is 35.9 Å². The number of aliphatic imine (C=N–C) groups is 1. The largest absolute Gasteiger partial charge is 0.497 e. The maximum absolute atomic E-state index is 11.7. The van der Waals surface area contributed by atoms with Crippen molar-refractivity contribution in [2.24, 2.45) is 10.9 Å². The Morgan fingerprint density at radius 2 is 2.04 bits per heavy atom. The molecule has 0 bridgehead atoms. The number of piperidine rings is 1. The Morgan fingerprint density at radius 3 is 2.65 bits per heavy atom. The Bertz CT molecular complexity index is 587. The van der Waals surface area contributed by atoms with Crippen LogP contribution >= 0.6 is 24.0 Å². The quantitative estimate of drug-likeness (QED) is 0.297. The predicted molar refractivity (Wildman–Crippen MR) is 114 cm³/mol. The average Bonchev–Trinajstić information content (AvgIpc) is 2.67. The zero-order valence-electron chi connectivity index (χ0n) is 15.9. The summed E-state index contributed by atoms with van der Waals surface area (Å²) in [7, 11) is 3.14. The molecule has 0 aromatic heterocycles. The van der Waals surface area contributed by atoms with Crippen LogP contribution in [0.1, 0.15) is 25.3 Å². The number of ether oxygens (including phenoxy) is 2. The molecule has 6 nitrogen and oxygen atoms in total. The van der Waals surface area contributed by atoms with Gasteiger partial charge < -0.3 is 19.7 Å². The Balaban J connectivity index is 0.00000338. The van der Waals surface area contributed by atoms with Crippen molar-refractivity contribution in [2.75, 3.05) is 40.4 Å². The highest BCUT2D eigenvalue weighted by Gasteiger charge is 2.26. The zero-order valence-corrected chi connectivity index (χ0v) is 18.2. The van der Waals surface area contributed by atoms with Crippen LogP contribution in [0.3, 0.4) is 0 Å². The van der Waals surface area contributed by atoms with Crippen molar-refractivity contribution >= 4 is 35.9 Å². The summed E-state index contributed by atoms with van der Waals surface area (Å²) in [5, 5.41) is 3.35. The normalized spacial score (nSPS) is 15.2. The second-order valence-corrected chi connectivity index (χ2v) is 6.12. The van der Waals surface area contributed by atoms with Crippen LogP contribution in [0.5, 0.6) is 5.75 Å². The minimum atomic E-state index is -0.0976. The van der Waals surface area contributed by atoms with E-state index in [0.29, 0.717) is 6.54 Å². The summed E-state index contributed by atoms with van der Waals surface area (Å²) in [5.74, 6) is 1.72. The van der Waals surface area contributed by atoms with Crippen LogP contribution in [0, 0.1) is 5.92 Å². The molecular formula is C19H30IN3O3. The molecule has 1 aromatic carbocycles. The maximum atomic E-state index is 11.7. The molecule has 1 fully saturated rings. The van der Waals surface area contributed by atoms with Gasteiger partial charge in [-0.3, -0.25) is 9.79 Å². The van der Waals surface area contributed by atoms with Gasteiger partial charge in [-0.25, -0.2) is 0 Å². The van der Waals surface area contributed by atoms with Gasteiger partial charge in [-0.1, -0.05) is 12.1 Å². The highest BCUT2D eigenvalue weighted by atomic mass is 127. The van der Waals surface area contributed by atoms with Crippen LogP contribution in [0.2, 0.25) is 0 Å². The van der Waals surface area contributed by atoms with Crippen molar-refractivity contribution < 1.29 is 14.3 Å². The van der Waals surface area contributed by atoms with E-state index < -0.39 is 0 Å². The number of hydrogen-bond donors (Lipinski definition) is 1. The molecule has 7 heteroatoms. The number of methoxy groups -OCH3 is 2.